The number of amides is 1. The van der Waals surface area contributed by atoms with Crippen LogP contribution in [0.3, 0.4) is 0 Å². The summed E-state index contributed by atoms with van der Waals surface area (Å²) in [6.07, 6.45) is 1.11. The maximum absolute atomic E-state index is 12.7. The van der Waals surface area contributed by atoms with Crippen LogP contribution < -0.4 is 9.62 Å². The van der Waals surface area contributed by atoms with Crippen LogP contribution in [0, 0.1) is 0 Å². The Morgan fingerprint density at radius 3 is 2.28 bits per heavy atom. The highest BCUT2D eigenvalue weighted by molar-refractivity contribution is 8.00. The number of halogens is 2. The molecule has 4 aromatic rings. The number of hydrogen-bond donors (Lipinski definition) is 1. The van der Waals surface area contributed by atoms with Crippen molar-refractivity contribution >= 4 is 73.0 Å². The van der Waals surface area contributed by atoms with Crippen LogP contribution in [0.25, 0.3) is 0 Å². The summed E-state index contributed by atoms with van der Waals surface area (Å²) in [6, 6.07) is 21.3. The average molecular weight is 580 g/mol. The Morgan fingerprint density at radius 1 is 0.972 bits per heavy atom. The zero-order valence-electron chi connectivity index (χ0n) is 18.9. The highest BCUT2D eigenvalue weighted by Gasteiger charge is 2.19. The molecule has 186 valence electrons. The van der Waals surface area contributed by atoms with Gasteiger partial charge in [-0.05, 0) is 41.5 Å². The lowest BCUT2D eigenvalue weighted by Gasteiger charge is -2.23. The molecule has 1 N–H and O–H groups in total. The van der Waals surface area contributed by atoms with E-state index < -0.39 is 10.0 Å². The first kappa shape index (κ1) is 26.4. The average Bonchev–Trinajstić information content (AvgIpc) is 3.28. The van der Waals surface area contributed by atoms with Crippen LogP contribution >= 0.6 is 46.3 Å². The molecule has 3 aromatic carbocycles. The van der Waals surface area contributed by atoms with E-state index in [-0.39, 0.29) is 12.5 Å². The largest absolute Gasteiger partial charge is 0.296 e. The molecule has 0 fully saturated rings. The fourth-order valence-corrected chi connectivity index (χ4v) is 6.31. The van der Waals surface area contributed by atoms with E-state index in [2.05, 4.69) is 15.5 Å². The molecule has 36 heavy (non-hydrogen) atoms. The maximum atomic E-state index is 12.7. The van der Waals surface area contributed by atoms with Gasteiger partial charge in [0.2, 0.25) is 15.2 Å². The van der Waals surface area contributed by atoms with E-state index >= 15 is 0 Å². The molecular weight excluding hydrogens is 559 g/mol. The van der Waals surface area contributed by atoms with E-state index in [1.807, 2.05) is 30.3 Å². The van der Waals surface area contributed by atoms with Gasteiger partial charge in [-0.15, -0.1) is 10.2 Å². The fourth-order valence-electron chi connectivity index (χ4n) is 3.22. The van der Waals surface area contributed by atoms with E-state index in [0.717, 1.165) is 16.3 Å². The Balaban J connectivity index is 1.40. The van der Waals surface area contributed by atoms with E-state index in [9.17, 15) is 13.2 Å². The predicted molar refractivity (Wildman–Crippen MR) is 148 cm³/mol. The second-order valence-corrected chi connectivity index (χ2v) is 12.7. The molecule has 0 bridgehead atoms. The van der Waals surface area contributed by atoms with Gasteiger partial charge in [-0.3, -0.25) is 14.4 Å². The summed E-state index contributed by atoms with van der Waals surface area (Å²) in [5.74, 6) is 0.426. The number of carbonyl (C=O) groups is 1. The lowest BCUT2D eigenvalue weighted by Crippen LogP contribution is -2.29. The summed E-state index contributed by atoms with van der Waals surface area (Å²) in [5, 5.41) is 12.0. The molecule has 1 aromatic heterocycles. The van der Waals surface area contributed by atoms with Gasteiger partial charge in [-0.2, -0.15) is 0 Å². The van der Waals surface area contributed by atoms with Gasteiger partial charge in [0, 0.05) is 21.4 Å². The van der Waals surface area contributed by atoms with Crippen LogP contribution in [0.2, 0.25) is 10.0 Å². The van der Waals surface area contributed by atoms with Crippen molar-refractivity contribution in [3.05, 3.63) is 99.5 Å². The van der Waals surface area contributed by atoms with E-state index in [4.69, 9.17) is 23.2 Å². The molecule has 0 unspecified atom stereocenters. The second kappa shape index (κ2) is 11.6. The number of aromatic nitrogens is 2. The molecule has 0 saturated carbocycles. The van der Waals surface area contributed by atoms with Gasteiger partial charge in [0.25, 0.3) is 5.91 Å². The van der Waals surface area contributed by atoms with Crippen LogP contribution in [-0.4, -0.2) is 30.8 Å². The summed E-state index contributed by atoms with van der Waals surface area (Å²) in [7, 11) is -3.62. The van der Waals surface area contributed by atoms with Crippen LogP contribution in [0.5, 0.6) is 0 Å². The number of nitrogens with zero attached hydrogens (tertiary/aromatic N) is 3. The van der Waals surface area contributed by atoms with Crippen LogP contribution in [0.1, 0.15) is 21.5 Å². The molecule has 12 heteroatoms. The zero-order valence-corrected chi connectivity index (χ0v) is 22.9. The third-order valence-corrected chi connectivity index (χ3v) is 8.53. The predicted octanol–water partition coefficient (Wildman–Crippen LogP) is 6.36. The van der Waals surface area contributed by atoms with Gasteiger partial charge in [0.15, 0.2) is 4.34 Å². The first-order valence-electron chi connectivity index (χ1n) is 10.5. The Kier molecular flexibility index (Phi) is 8.53. The molecular formula is C24H20Cl2N4O3S3. The molecule has 0 aliphatic heterocycles. The van der Waals surface area contributed by atoms with E-state index in [0.29, 0.717) is 32.0 Å². The van der Waals surface area contributed by atoms with Crippen LogP contribution in [0.4, 0.5) is 10.8 Å². The molecule has 0 aliphatic carbocycles. The van der Waals surface area contributed by atoms with E-state index in [1.54, 1.807) is 36.0 Å². The molecule has 0 saturated heterocycles. The third kappa shape index (κ3) is 7.21. The molecule has 1 amide bonds. The molecule has 0 aliphatic rings. The Bertz CT molecular complexity index is 1440. The summed E-state index contributed by atoms with van der Waals surface area (Å²) >= 11 is 15.0. The number of anilines is 2. The van der Waals surface area contributed by atoms with E-state index in [1.165, 1.54) is 39.4 Å². The quantitative estimate of drug-likeness (QED) is 0.183. The molecule has 4 rings (SSSR count). The highest BCUT2D eigenvalue weighted by atomic mass is 35.5. The lowest BCUT2D eigenvalue weighted by molar-refractivity contribution is 0.102. The van der Waals surface area contributed by atoms with Crippen molar-refractivity contribution in [1.82, 2.24) is 10.2 Å². The standard InChI is InChI=1S/C24H20Cl2N4O3S3/c1-36(32,33)30(21-12-19(25)11-20(26)13-21)14-16-7-9-18(10-8-16)22(31)27-23-28-29-24(35-23)34-15-17-5-3-2-4-6-17/h2-13H,14-15H2,1H3,(H,27,28,31). The SMILES string of the molecule is CS(=O)(=O)N(Cc1ccc(C(=O)Nc2nnc(SCc3ccccc3)s2)cc1)c1cc(Cl)cc(Cl)c1. The van der Waals surface area contributed by atoms with Crippen molar-refractivity contribution in [2.75, 3.05) is 15.9 Å². The maximum Gasteiger partial charge on any atom is 0.257 e. The molecule has 0 atom stereocenters. The van der Waals surface area contributed by atoms with Gasteiger partial charge < -0.3 is 0 Å². The number of rotatable bonds is 9. The normalized spacial score (nSPS) is 11.3. The Labute approximate surface area is 227 Å². The van der Waals surface area contributed by atoms with Gasteiger partial charge in [0.1, 0.15) is 0 Å². The summed E-state index contributed by atoms with van der Waals surface area (Å²) in [5.41, 5.74) is 2.62. The van der Waals surface area contributed by atoms with Crippen molar-refractivity contribution in [1.29, 1.82) is 0 Å². The molecule has 0 radical (unpaired) electrons. The summed E-state index contributed by atoms with van der Waals surface area (Å²) < 4.78 is 26.8. The van der Waals surface area contributed by atoms with Crippen molar-refractivity contribution < 1.29 is 13.2 Å². The highest BCUT2D eigenvalue weighted by Crippen LogP contribution is 2.30. The first-order valence-corrected chi connectivity index (χ1v) is 14.9. The fraction of sp³-hybridized carbons (Fsp3) is 0.125. The molecule has 7 nitrogen and oxygen atoms in total. The smallest absolute Gasteiger partial charge is 0.257 e. The number of sulfonamides is 1. The minimum absolute atomic E-state index is 0.0514. The zero-order chi connectivity index (χ0) is 25.7. The molecule has 0 spiro atoms. The van der Waals surface area contributed by atoms with Crippen molar-refractivity contribution in [3.63, 3.8) is 0 Å². The minimum atomic E-state index is -3.62. The first-order chi connectivity index (χ1) is 17.2. The van der Waals surface area contributed by atoms with Crippen molar-refractivity contribution in [3.8, 4) is 0 Å². The van der Waals surface area contributed by atoms with Crippen LogP contribution in [-0.2, 0) is 22.3 Å². The topological polar surface area (TPSA) is 92.3 Å². The van der Waals surface area contributed by atoms with Crippen molar-refractivity contribution in [2.24, 2.45) is 0 Å². The lowest BCUT2D eigenvalue weighted by atomic mass is 10.1. The summed E-state index contributed by atoms with van der Waals surface area (Å²) in [4.78, 5) is 12.7. The Morgan fingerprint density at radius 2 is 1.64 bits per heavy atom. The van der Waals surface area contributed by atoms with Gasteiger partial charge in [-0.1, -0.05) is 88.8 Å². The monoisotopic (exact) mass is 578 g/mol. The number of benzene rings is 3. The van der Waals surface area contributed by atoms with Crippen molar-refractivity contribution in [2.45, 2.75) is 16.6 Å². The van der Waals surface area contributed by atoms with Gasteiger partial charge in [0.05, 0.1) is 18.5 Å². The van der Waals surface area contributed by atoms with Gasteiger partial charge >= 0.3 is 0 Å². The number of nitrogens with one attached hydrogen (secondary N) is 1. The van der Waals surface area contributed by atoms with Gasteiger partial charge in [-0.25, -0.2) is 8.42 Å². The van der Waals surface area contributed by atoms with Crippen LogP contribution in [0.15, 0.2) is 77.1 Å². The number of thioether (sulfide) groups is 1. The molecule has 1 heterocycles. The number of carbonyl (C=O) groups excluding carboxylic acids is 1. The minimum Gasteiger partial charge on any atom is -0.296 e. The third-order valence-electron chi connectivity index (χ3n) is 4.91. The summed E-state index contributed by atoms with van der Waals surface area (Å²) in [6.45, 7) is 0.0514. The second-order valence-electron chi connectivity index (χ2n) is 7.70. The Hall–Kier alpha value is -2.63. The number of hydrogen-bond acceptors (Lipinski definition) is 7.